The molecule has 2 N–H and O–H groups in total. The van der Waals surface area contributed by atoms with Gasteiger partial charge in [0.05, 0.1) is 39.9 Å². The summed E-state index contributed by atoms with van der Waals surface area (Å²) >= 11 is 0. The summed E-state index contributed by atoms with van der Waals surface area (Å²) in [6, 6.07) is -0.902. The zero-order chi connectivity index (χ0) is 63.4. The van der Waals surface area contributed by atoms with Crippen molar-refractivity contribution in [1.29, 1.82) is 0 Å². The Kier molecular flexibility index (Phi) is 64.5. The van der Waals surface area contributed by atoms with E-state index < -0.39 is 20.0 Å². The van der Waals surface area contributed by atoms with Gasteiger partial charge in [-0.2, -0.15) is 0 Å². The molecule has 0 aliphatic carbocycles. The van der Waals surface area contributed by atoms with Crippen LogP contribution in [-0.4, -0.2) is 68.5 Å². The summed E-state index contributed by atoms with van der Waals surface area (Å²) in [5.74, 6) is -0.208. The van der Waals surface area contributed by atoms with Crippen LogP contribution in [0.5, 0.6) is 0 Å². The highest BCUT2D eigenvalue weighted by Gasteiger charge is 2.23. The molecular formula is C78H137N2O6P. The molecule has 0 aromatic carbocycles. The van der Waals surface area contributed by atoms with Gasteiger partial charge in [-0.15, -0.1) is 0 Å². The SMILES string of the molecule is CC/C=C\C/C=C\C/C=C\C/C=C\C/C=C\C/C=C\C/C=C\C/C=C\C/C=C\C/C=C\CCCCCCCCCCC(=O)NC(COP(=O)([O-])OCC[N+](C)(C)C)C(O)/C=C/CCCCCCCCCCCCCCCCCCCCCCCCCC. The van der Waals surface area contributed by atoms with Crippen LogP contribution in [0.4, 0.5) is 0 Å². The molecule has 0 heterocycles. The summed E-state index contributed by atoms with van der Waals surface area (Å²) in [4.78, 5) is 25.7. The number of nitrogens with one attached hydrogen (secondary N) is 1. The Hall–Kier alpha value is -3.36. The fraction of sp³-hybridized carbons (Fsp3) is 0.705. The van der Waals surface area contributed by atoms with Crippen LogP contribution in [0, 0.1) is 0 Å². The molecule has 3 atom stereocenters. The molecule has 0 bridgehead atoms. The van der Waals surface area contributed by atoms with Crippen molar-refractivity contribution in [3.05, 3.63) is 134 Å². The summed E-state index contributed by atoms with van der Waals surface area (Å²) in [6.45, 7) is 4.55. The van der Waals surface area contributed by atoms with E-state index in [2.05, 4.69) is 141 Å². The minimum absolute atomic E-state index is 0.00843. The van der Waals surface area contributed by atoms with E-state index in [1.165, 1.54) is 167 Å². The molecule has 3 unspecified atom stereocenters. The number of rotatable bonds is 65. The highest BCUT2D eigenvalue weighted by molar-refractivity contribution is 7.45. The Balaban J connectivity index is 4.14. The summed E-state index contributed by atoms with van der Waals surface area (Å²) in [7, 11) is 1.25. The summed E-state index contributed by atoms with van der Waals surface area (Å²) in [5.41, 5.74) is 0. The number of quaternary nitrogens is 1. The van der Waals surface area contributed by atoms with Gasteiger partial charge in [0.2, 0.25) is 5.91 Å². The van der Waals surface area contributed by atoms with Crippen molar-refractivity contribution in [2.45, 2.75) is 315 Å². The maximum atomic E-state index is 13.0. The third-order valence-corrected chi connectivity index (χ3v) is 16.6. The number of phosphoric acid groups is 1. The molecule has 9 heteroatoms. The number of carbonyl (C=O) groups excluding carboxylic acids is 1. The van der Waals surface area contributed by atoms with Crippen molar-refractivity contribution in [3.8, 4) is 0 Å². The lowest BCUT2D eigenvalue weighted by atomic mass is 10.0. The second kappa shape index (κ2) is 67.0. The third kappa shape index (κ3) is 70.0. The van der Waals surface area contributed by atoms with Crippen molar-refractivity contribution in [2.24, 2.45) is 0 Å². The number of hydrogen-bond acceptors (Lipinski definition) is 6. The van der Waals surface area contributed by atoms with Crippen LogP contribution in [-0.2, 0) is 18.4 Å². The Morgan fingerprint density at radius 3 is 1.02 bits per heavy atom. The van der Waals surface area contributed by atoms with Crippen LogP contribution in [0.1, 0.15) is 303 Å². The van der Waals surface area contributed by atoms with E-state index in [0.717, 1.165) is 116 Å². The Morgan fingerprint density at radius 1 is 0.414 bits per heavy atom. The van der Waals surface area contributed by atoms with Crippen molar-refractivity contribution < 1.29 is 32.9 Å². The normalized spacial score (nSPS) is 14.4. The van der Waals surface area contributed by atoms with Crippen LogP contribution >= 0.6 is 7.82 Å². The average molecular weight is 1230 g/mol. The molecule has 0 fully saturated rings. The molecule has 87 heavy (non-hydrogen) atoms. The average Bonchev–Trinajstić information content (AvgIpc) is 3.69. The quantitative estimate of drug-likeness (QED) is 0.0272. The smallest absolute Gasteiger partial charge is 0.268 e. The molecular weight excluding hydrogens is 1090 g/mol. The molecule has 8 nitrogen and oxygen atoms in total. The molecule has 0 aromatic heterocycles. The number of carbonyl (C=O) groups is 1. The van der Waals surface area contributed by atoms with Crippen molar-refractivity contribution >= 4 is 13.7 Å². The first kappa shape index (κ1) is 83.6. The summed E-state index contributed by atoms with van der Waals surface area (Å²) in [6.07, 6.45) is 101. The predicted molar refractivity (Wildman–Crippen MR) is 380 cm³/mol. The first-order valence-corrected chi connectivity index (χ1v) is 37.5. The fourth-order valence-corrected chi connectivity index (χ4v) is 10.8. The van der Waals surface area contributed by atoms with Crippen LogP contribution in [0.3, 0.4) is 0 Å². The van der Waals surface area contributed by atoms with E-state index in [4.69, 9.17) is 9.05 Å². The number of unbranched alkanes of at least 4 members (excludes halogenated alkanes) is 32. The van der Waals surface area contributed by atoms with Gasteiger partial charge in [-0.1, -0.05) is 334 Å². The van der Waals surface area contributed by atoms with E-state index in [9.17, 15) is 19.4 Å². The van der Waals surface area contributed by atoms with Crippen LogP contribution < -0.4 is 10.2 Å². The molecule has 0 radical (unpaired) electrons. The molecule has 0 rings (SSSR count). The number of phosphoric ester groups is 1. The lowest BCUT2D eigenvalue weighted by Crippen LogP contribution is -2.45. The molecule has 0 saturated carbocycles. The Morgan fingerprint density at radius 2 is 0.701 bits per heavy atom. The number of aliphatic hydroxyl groups excluding tert-OH is 1. The van der Waals surface area contributed by atoms with Crippen molar-refractivity contribution in [2.75, 3.05) is 40.9 Å². The van der Waals surface area contributed by atoms with Gasteiger partial charge in [0.15, 0.2) is 0 Å². The maximum absolute atomic E-state index is 13.0. The van der Waals surface area contributed by atoms with Gasteiger partial charge in [-0.25, -0.2) is 0 Å². The van der Waals surface area contributed by atoms with Crippen LogP contribution in [0.2, 0.25) is 0 Å². The maximum Gasteiger partial charge on any atom is 0.268 e. The Bertz CT molecular complexity index is 1880. The van der Waals surface area contributed by atoms with Gasteiger partial charge < -0.3 is 28.8 Å². The molecule has 0 spiro atoms. The third-order valence-electron chi connectivity index (χ3n) is 15.6. The fourth-order valence-electron chi connectivity index (χ4n) is 10.1. The van der Waals surface area contributed by atoms with Gasteiger partial charge >= 0.3 is 0 Å². The number of allylic oxidation sites excluding steroid dienone is 21. The van der Waals surface area contributed by atoms with Gasteiger partial charge in [0.1, 0.15) is 13.2 Å². The second-order valence-corrected chi connectivity index (χ2v) is 26.6. The topological polar surface area (TPSA) is 108 Å². The largest absolute Gasteiger partial charge is 0.756 e. The molecule has 0 saturated heterocycles. The number of amides is 1. The van der Waals surface area contributed by atoms with E-state index in [1.807, 2.05) is 27.2 Å². The van der Waals surface area contributed by atoms with E-state index >= 15 is 0 Å². The van der Waals surface area contributed by atoms with Gasteiger partial charge in [0.25, 0.3) is 7.82 Å². The molecule has 0 aliphatic rings. The predicted octanol–water partition coefficient (Wildman–Crippen LogP) is 22.8. The monoisotopic (exact) mass is 1230 g/mol. The molecule has 500 valence electrons. The zero-order valence-corrected chi connectivity index (χ0v) is 58.1. The lowest BCUT2D eigenvalue weighted by Gasteiger charge is -2.29. The number of nitrogens with zero attached hydrogens (tertiary/aromatic N) is 1. The first-order valence-electron chi connectivity index (χ1n) is 36.0. The van der Waals surface area contributed by atoms with Crippen LogP contribution in [0.25, 0.3) is 0 Å². The standard InChI is InChI=1S/C78H137N2O6P/c1-6-8-10-12-14-16-18-20-22-24-26-28-30-32-34-35-36-37-38-39-40-41-42-43-44-45-46-48-50-52-54-56-58-60-62-64-66-68-70-72-78(82)79-76(75-86-87(83,84)85-74-73-80(3,4)5)77(81)71-69-67-65-63-61-59-57-55-53-51-49-47-33-31-29-27-25-23-21-19-17-15-13-11-9-7-2/h8,10,14,16,20,22,26,28,32,34,36-37,39-40,42-43,45-46,50,52,69,71,76-77,81H,6-7,9,11-13,15,17-19,21,23-25,27,29-31,33,35,38,41,44,47-49,51,53-68,70,72-75H2,1-5H3,(H-,79,82,83,84)/b10-8-,16-14-,22-20-,28-26-,34-32-,37-36-,40-39-,43-42-,46-45-,52-50-,71-69+. The van der Waals surface area contributed by atoms with Gasteiger partial charge in [-0.3, -0.25) is 9.36 Å². The highest BCUT2D eigenvalue weighted by Crippen LogP contribution is 2.38. The first-order chi connectivity index (χ1) is 42.5. The lowest BCUT2D eigenvalue weighted by molar-refractivity contribution is -0.870. The van der Waals surface area contributed by atoms with Crippen molar-refractivity contribution in [1.82, 2.24) is 5.32 Å². The Labute approximate surface area is 538 Å². The minimum atomic E-state index is -4.62. The molecule has 1 amide bonds. The molecule has 0 aliphatic heterocycles. The highest BCUT2D eigenvalue weighted by atomic mass is 31.2. The summed E-state index contributed by atoms with van der Waals surface area (Å²) < 4.78 is 23.5. The number of aliphatic hydroxyl groups is 1. The molecule has 0 aromatic rings. The van der Waals surface area contributed by atoms with E-state index in [1.54, 1.807) is 6.08 Å². The van der Waals surface area contributed by atoms with Crippen LogP contribution in [0.15, 0.2) is 134 Å². The second-order valence-electron chi connectivity index (χ2n) is 25.2. The zero-order valence-electron chi connectivity index (χ0n) is 57.2. The van der Waals surface area contributed by atoms with Crippen molar-refractivity contribution in [3.63, 3.8) is 0 Å². The van der Waals surface area contributed by atoms with Gasteiger partial charge in [-0.05, 0) is 96.3 Å². The summed E-state index contributed by atoms with van der Waals surface area (Å²) in [5, 5.41) is 14.0. The van der Waals surface area contributed by atoms with Gasteiger partial charge in [0, 0.05) is 6.42 Å². The van der Waals surface area contributed by atoms with E-state index in [0.29, 0.717) is 17.4 Å². The number of likely N-dealkylation sites (N-methyl/N-ethyl adjacent to an activating group) is 1. The minimum Gasteiger partial charge on any atom is -0.756 e. The number of hydrogen-bond donors (Lipinski definition) is 2. The van der Waals surface area contributed by atoms with E-state index in [-0.39, 0.29) is 19.1 Å².